The van der Waals surface area contributed by atoms with Crippen LogP contribution in [0.15, 0.2) is 54.7 Å². The van der Waals surface area contributed by atoms with Gasteiger partial charge in [-0.3, -0.25) is 4.79 Å². The first kappa shape index (κ1) is 22.4. The lowest BCUT2D eigenvalue weighted by atomic mass is 9.90. The first-order chi connectivity index (χ1) is 15.6. The SMILES string of the molecule is COc1ccc([C@H](CN[C@H](C)C(=O)N(C)C2CCCCC2)c2c[nH]c3ccccc23)cc1. The van der Waals surface area contributed by atoms with E-state index in [1.807, 2.05) is 37.1 Å². The van der Waals surface area contributed by atoms with E-state index in [0.717, 1.165) is 24.1 Å². The molecule has 3 aromatic rings. The predicted molar refractivity (Wildman–Crippen MR) is 130 cm³/mol. The number of rotatable bonds is 8. The number of H-pyrrole nitrogens is 1. The number of methoxy groups -OCH3 is 1. The van der Waals surface area contributed by atoms with E-state index in [1.165, 1.54) is 35.8 Å². The molecule has 1 fully saturated rings. The van der Waals surface area contributed by atoms with Gasteiger partial charge in [0.2, 0.25) is 5.91 Å². The van der Waals surface area contributed by atoms with E-state index >= 15 is 0 Å². The van der Waals surface area contributed by atoms with Crippen LogP contribution in [0.1, 0.15) is 56.1 Å². The zero-order chi connectivity index (χ0) is 22.5. The zero-order valence-corrected chi connectivity index (χ0v) is 19.4. The Bertz CT molecular complexity index is 1020. The number of ether oxygens (including phenoxy) is 1. The van der Waals surface area contributed by atoms with Crippen LogP contribution in [0.25, 0.3) is 10.9 Å². The van der Waals surface area contributed by atoms with Crippen molar-refractivity contribution in [2.24, 2.45) is 0 Å². The molecule has 2 aromatic carbocycles. The third-order valence-corrected chi connectivity index (χ3v) is 6.98. The number of nitrogens with one attached hydrogen (secondary N) is 2. The second-order valence-corrected chi connectivity index (χ2v) is 8.99. The summed E-state index contributed by atoms with van der Waals surface area (Å²) in [6.07, 6.45) is 8.09. The van der Waals surface area contributed by atoms with E-state index in [0.29, 0.717) is 12.6 Å². The molecule has 0 saturated heterocycles. The van der Waals surface area contributed by atoms with Gasteiger partial charge in [-0.25, -0.2) is 0 Å². The summed E-state index contributed by atoms with van der Waals surface area (Å²) in [7, 11) is 3.65. The average molecular weight is 434 g/mol. The van der Waals surface area contributed by atoms with Gasteiger partial charge in [-0.1, -0.05) is 49.6 Å². The summed E-state index contributed by atoms with van der Waals surface area (Å²) in [5, 5.41) is 4.76. The number of para-hydroxylation sites is 1. The summed E-state index contributed by atoms with van der Waals surface area (Å²) in [6, 6.07) is 16.8. The Kier molecular flexibility index (Phi) is 7.15. The van der Waals surface area contributed by atoms with E-state index < -0.39 is 0 Å². The minimum absolute atomic E-state index is 0.118. The minimum atomic E-state index is -0.229. The average Bonchev–Trinajstić information content (AvgIpc) is 3.28. The number of likely N-dealkylation sites (N-methyl/N-ethyl adjacent to an activating group) is 1. The topological polar surface area (TPSA) is 57.4 Å². The maximum absolute atomic E-state index is 13.1. The van der Waals surface area contributed by atoms with Crippen LogP contribution in [-0.2, 0) is 4.79 Å². The third-order valence-electron chi connectivity index (χ3n) is 6.98. The highest BCUT2D eigenvalue weighted by atomic mass is 16.5. The first-order valence-electron chi connectivity index (χ1n) is 11.8. The smallest absolute Gasteiger partial charge is 0.239 e. The summed E-state index contributed by atoms with van der Waals surface area (Å²) in [5.74, 6) is 1.15. The Morgan fingerprint density at radius 3 is 2.56 bits per heavy atom. The predicted octanol–water partition coefficient (Wildman–Crippen LogP) is 5.08. The fourth-order valence-electron chi connectivity index (χ4n) is 4.96. The van der Waals surface area contributed by atoms with Crippen molar-refractivity contribution in [3.63, 3.8) is 0 Å². The van der Waals surface area contributed by atoms with Crippen LogP contribution in [0.5, 0.6) is 5.75 Å². The van der Waals surface area contributed by atoms with Gasteiger partial charge in [0.15, 0.2) is 0 Å². The molecule has 0 radical (unpaired) electrons. The van der Waals surface area contributed by atoms with Gasteiger partial charge in [0.1, 0.15) is 5.75 Å². The van der Waals surface area contributed by atoms with Gasteiger partial charge in [-0.2, -0.15) is 0 Å². The van der Waals surface area contributed by atoms with Crippen LogP contribution in [0.4, 0.5) is 0 Å². The lowest BCUT2D eigenvalue weighted by Crippen LogP contribution is -2.48. The van der Waals surface area contributed by atoms with Crippen molar-refractivity contribution in [3.05, 3.63) is 65.9 Å². The van der Waals surface area contributed by atoms with E-state index in [-0.39, 0.29) is 17.9 Å². The van der Waals surface area contributed by atoms with Crippen LogP contribution in [0, 0.1) is 0 Å². The third kappa shape index (κ3) is 4.83. The molecule has 0 aliphatic heterocycles. The van der Waals surface area contributed by atoms with Gasteiger partial charge >= 0.3 is 0 Å². The quantitative estimate of drug-likeness (QED) is 0.521. The van der Waals surface area contributed by atoms with Crippen LogP contribution in [0.3, 0.4) is 0 Å². The normalized spacial score (nSPS) is 16.6. The molecule has 5 heteroatoms. The molecule has 32 heavy (non-hydrogen) atoms. The first-order valence-corrected chi connectivity index (χ1v) is 11.8. The zero-order valence-electron chi connectivity index (χ0n) is 19.4. The molecule has 1 aliphatic rings. The summed E-state index contributed by atoms with van der Waals surface area (Å²) in [5.41, 5.74) is 3.56. The van der Waals surface area contributed by atoms with Crippen molar-refractivity contribution in [2.45, 2.75) is 57.0 Å². The number of aromatic amines is 1. The number of benzene rings is 2. The number of nitrogens with zero attached hydrogens (tertiary/aromatic N) is 1. The standard InChI is InChI=1S/C27H35N3O2/c1-19(27(31)30(2)21-9-5-4-6-10-21)28-17-24(20-13-15-22(32-3)16-14-20)25-18-29-26-12-8-7-11-23(25)26/h7-8,11-16,18-19,21,24,28-29H,4-6,9-10,17H2,1-3H3/t19-,24+/m1/s1. The lowest BCUT2D eigenvalue weighted by Gasteiger charge is -2.33. The minimum Gasteiger partial charge on any atom is -0.497 e. The Labute approximate surface area is 191 Å². The number of carbonyl (C=O) groups is 1. The molecule has 1 aliphatic carbocycles. The fraction of sp³-hybridized carbons (Fsp3) is 0.444. The molecular weight excluding hydrogens is 398 g/mol. The van der Waals surface area contributed by atoms with E-state index in [9.17, 15) is 4.79 Å². The fourth-order valence-corrected chi connectivity index (χ4v) is 4.96. The Hall–Kier alpha value is -2.79. The second-order valence-electron chi connectivity index (χ2n) is 8.99. The molecular formula is C27H35N3O2. The highest BCUT2D eigenvalue weighted by molar-refractivity contribution is 5.84. The molecule has 1 saturated carbocycles. The lowest BCUT2D eigenvalue weighted by molar-refractivity contribution is -0.134. The van der Waals surface area contributed by atoms with Crippen LogP contribution < -0.4 is 10.1 Å². The van der Waals surface area contributed by atoms with Gasteiger partial charge in [0.05, 0.1) is 13.2 Å². The van der Waals surface area contributed by atoms with E-state index in [4.69, 9.17) is 4.74 Å². The van der Waals surface area contributed by atoms with Crippen molar-refractivity contribution in [1.82, 2.24) is 15.2 Å². The number of hydrogen-bond acceptors (Lipinski definition) is 3. The van der Waals surface area contributed by atoms with Gasteiger partial charge in [-0.15, -0.1) is 0 Å². The molecule has 0 unspecified atom stereocenters. The summed E-state index contributed by atoms with van der Waals surface area (Å²) >= 11 is 0. The Balaban J connectivity index is 1.53. The van der Waals surface area contributed by atoms with Crippen molar-refractivity contribution in [1.29, 1.82) is 0 Å². The van der Waals surface area contributed by atoms with Crippen LogP contribution in [-0.4, -0.2) is 48.6 Å². The molecule has 0 spiro atoms. The Morgan fingerprint density at radius 2 is 1.84 bits per heavy atom. The molecule has 2 N–H and O–H groups in total. The number of hydrogen-bond donors (Lipinski definition) is 2. The molecule has 0 bridgehead atoms. The van der Waals surface area contributed by atoms with Crippen LogP contribution in [0.2, 0.25) is 0 Å². The molecule has 1 amide bonds. The summed E-state index contributed by atoms with van der Waals surface area (Å²) in [6.45, 7) is 2.67. The van der Waals surface area contributed by atoms with Gasteiger partial charge in [-0.05, 0) is 49.1 Å². The van der Waals surface area contributed by atoms with Crippen molar-refractivity contribution < 1.29 is 9.53 Å². The van der Waals surface area contributed by atoms with E-state index in [1.54, 1.807) is 7.11 Å². The number of carbonyl (C=O) groups excluding carboxylic acids is 1. The van der Waals surface area contributed by atoms with Gasteiger partial charge in [0.25, 0.3) is 0 Å². The number of aromatic nitrogens is 1. The number of fused-ring (bicyclic) bond motifs is 1. The van der Waals surface area contributed by atoms with Crippen molar-refractivity contribution in [3.8, 4) is 5.75 Å². The van der Waals surface area contributed by atoms with Crippen molar-refractivity contribution in [2.75, 3.05) is 20.7 Å². The molecule has 1 heterocycles. The molecule has 1 aromatic heterocycles. The van der Waals surface area contributed by atoms with Gasteiger partial charge in [0, 0.05) is 42.7 Å². The maximum Gasteiger partial charge on any atom is 0.239 e. The number of amides is 1. The van der Waals surface area contributed by atoms with Crippen molar-refractivity contribution >= 4 is 16.8 Å². The molecule has 5 nitrogen and oxygen atoms in total. The molecule has 4 rings (SSSR count). The van der Waals surface area contributed by atoms with E-state index in [2.05, 4.69) is 46.8 Å². The highest BCUT2D eigenvalue weighted by Gasteiger charge is 2.26. The van der Waals surface area contributed by atoms with Crippen LogP contribution >= 0.6 is 0 Å². The molecule has 2 atom stereocenters. The highest BCUT2D eigenvalue weighted by Crippen LogP contribution is 2.31. The molecule has 170 valence electrons. The monoisotopic (exact) mass is 433 g/mol. The maximum atomic E-state index is 13.1. The summed E-state index contributed by atoms with van der Waals surface area (Å²) in [4.78, 5) is 18.5. The van der Waals surface area contributed by atoms with Gasteiger partial charge < -0.3 is 19.9 Å². The second kappa shape index (κ2) is 10.2. The largest absolute Gasteiger partial charge is 0.497 e. The summed E-state index contributed by atoms with van der Waals surface area (Å²) < 4.78 is 5.35. The Morgan fingerprint density at radius 1 is 1.12 bits per heavy atom.